The summed E-state index contributed by atoms with van der Waals surface area (Å²) in [4.78, 5) is 14.8. The summed E-state index contributed by atoms with van der Waals surface area (Å²) in [7, 11) is 0. The molecule has 1 aliphatic rings. The van der Waals surface area contributed by atoms with Gasteiger partial charge in [-0.2, -0.15) is 13.2 Å². The topological polar surface area (TPSA) is 44.4 Å². The molecule has 0 bridgehead atoms. The zero-order chi connectivity index (χ0) is 23.7. The smallest absolute Gasteiger partial charge is 0.381 e. The van der Waals surface area contributed by atoms with Crippen LogP contribution in [0.2, 0.25) is 0 Å². The predicted molar refractivity (Wildman–Crippen MR) is 129 cm³/mol. The van der Waals surface area contributed by atoms with E-state index < -0.39 is 11.7 Å². The number of nitrogens with one attached hydrogen (secondary N) is 2. The van der Waals surface area contributed by atoms with Gasteiger partial charge in [0.1, 0.15) is 0 Å². The van der Waals surface area contributed by atoms with E-state index in [4.69, 9.17) is 0 Å². The van der Waals surface area contributed by atoms with Crippen molar-refractivity contribution in [2.45, 2.75) is 71.0 Å². The largest absolute Gasteiger partial charge is 0.416 e. The molecule has 3 rings (SSSR count). The minimum Gasteiger partial charge on any atom is -0.381 e. The van der Waals surface area contributed by atoms with Crippen LogP contribution in [0.5, 0.6) is 0 Å². The number of anilines is 3. The van der Waals surface area contributed by atoms with Crippen molar-refractivity contribution >= 4 is 23.0 Å². The van der Waals surface area contributed by atoms with Crippen LogP contribution < -0.4 is 15.5 Å². The van der Waals surface area contributed by atoms with Gasteiger partial charge in [0.05, 0.1) is 16.9 Å². The molecule has 33 heavy (non-hydrogen) atoms. The lowest BCUT2D eigenvalue weighted by Gasteiger charge is -2.23. The number of unbranched alkanes of at least 4 members (excludes halogenated alkanes) is 4. The molecule has 1 aliphatic heterocycles. The van der Waals surface area contributed by atoms with E-state index in [0.717, 1.165) is 73.5 Å². The van der Waals surface area contributed by atoms with Gasteiger partial charge >= 0.3 is 6.18 Å². The maximum atomic E-state index is 12.8. The number of hydrogen-bond donors (Lipinski definition) is 2. The van der Waals surface area contributed by atoms with E-state index in [1.165, 1.54) is 31.4 Å². The van der Waals surface area contributed by atoms with Crippen molar-refractivity contribution in [1.82, 2.24) is 0 Å². The SMILES string of the molecule is CCCCCCCC(=O)Nc1ccc(NCc2ccc(C(F)(F)F)cc2)cc1N1CCCC1. The van der Waals surface area contributed by atoms with Gasteiger partial charge in [0.2, 0.25) is 5.91 Å². The van der Waals surface area contributed by atoms with Crippen LogP contribution in [-0.4, -0.2) is 19.0 Å². The van der Waals surface area contributed by atoms with Crippen molar-refractivity contribution in [2.24, 2.45) is 0 Å². The van der Waals surface area contributed by atoms with Gasteiger partial charge in [-0.25, -0.2) is 0 Å². The number of nitrogens with zero attached hydrogens (tertiary/aromatic N) is 1. The molecular weight excluding hydrogens is 427 g/mol. The predicted octanol–water partition coefficient (Wildman–Crippen LogP) is 7.22. The van der Waals surface area contributed by atoms with E-state index >= 15 is 0 Å². The molecule has 0 spiro atoms. The second kappa shape index (κ2) is 12.0. The second-order valence-corrected chi connectivity index (χ2v) is 8.69. The maximum Gasteiger partial charge on any atom is 0.416 e. The first-order valence-electron chi connectivity index (χ1n) is 12.0. The van der Waals surface area contributed by atoms with Crippen molar-refractivity contribution in [1.29, 1.82) is 0 Å². The molecule has 0 atom stereocenters. The normalized spacial score (nSPS) is 13.9. The Morgan fingerprint density at radius 1 is 0.970 bits per heavy atom. The van der Waals surface area contributed by atoms with Crippen molar-refractivity contribution in [3.05, 3.63) is 53.6 Å². The van der Waals surface area contributed by atoms with E-state index in [0.29, 0.717) is 13.0 Å². The quantitative estimate of drug-likeness (QED) is 0.347. The summed E-state index contributed by atoms with van der Waals surface area (Å²) < 4.78 is 38.3. The van der Waals surface area contributed by atoms with Gasteiger partial charge in [-0.3, -0.25) is 4.79 Å². The average molecular weight is 462 g/mol. The van der Waals surface area contributed by atoms with Crippen LogP contribution in [0, 0.1) is 0 Å². The number of carbonyl (C=O) groups is 1. The molecule has 180 valence electrons. The minimum atomic E-state index is -4.33. The third kappa shape index (κ3) is 7.69. The molecule has 4 nitrogen and oxygen atoms in total. The highest BCUT2D eigenvalue weighted by Crippen LogP contribution is 2.33. The van der Waals surface area contributed by atoms with Gasteiger partial charge in [-0.15, -0.1) is 0 Å². The molecule has 0 unspecified atom stereocenters. The Labute approximate surface area is 194 Å². The summed E-state index contributed by atoms with van der Waals surface area (Å²) in [5.74, 6) is 0.0393. The number of benzene rings is 2. The van der Waals surface area contributed by atoms with Crippen LogP contribution in [0.25, 0.3) is 0 Å². The van der Waals surface area contributed by atoms with Crippen molar-refractivity contribution in [2.75, 3.05) is 28.6 Å². The molecule has 0 saturated carbocycles. The average Bonchev–Trinajstić information content (AvgIpc) is 3.33. The van der Waals surface area contributed by atoms with Gasteiger partial charge in [0.15, 0.2) is 0 Å². The summed E-state index contributed by atoms with van der Waals surface area (Å²) in [6.07, 6.45) is 3.98. The molecule has 2 aromatic rings. The van der Waals surface area contributed by atoms with E-state index in [1.54, 1.807) is 0 Å². The standard InChI is InChI=1S/C26H34F3N3O/c1-2-3-4-5-6-9-25(33)31-23-15-14-22(18-24(23)32-16-7-8-17-32)30-19-20-10-12-21(13-11-20)26(27,28)29/h10-15,18,30H,2-9,16-17,19H2,1H3,(H,31,33). The first-order chi connectivity index (χ1) is 15.9. The van der Waals surface area contributed by atoms with Crippen LogP contribution in [0.4, 0.5) is 30.2 Å². The summed E-state index contributed by atoms with van der Waals surface area (Å²) in [5.41, 5.74) is 2.80. The Bertz CT molecular complexity index is 891. The lowest BCUT2D eigenvalue weighted by Crippen LogP contribution is -2.21. The molecule has 0 radical (unpaired) electrons. The zero-order valence-corrected chi connectivity index (χ0v) is 19.3. The first kappa shape index (κ1) is 24.9. The summed E-state index contributed by atoms with van der Waals surface area (Å²) in [6.45, 7) is 4.49. The van der Waals surface area contributed by atoms with E-state index in [9.17, 15) is 18.0 Å². The number of amides is 1. The highest BCUT2D eigenvalue weighted by atomic mass is 19.4. The molecule has 1 fully saturated rings. The molecule has 1 heterocycles. The van der Waals surface area contributed by atoms with Crippen LogP contribution in [0.3, 0.4) is 0 Å². The van der Waals surface area contributed by atoms with Gasteiger partial charge < -0.3 is 15.5 Å². The third-order valence-corrected chi connectivity index (χ3v) is 6.00. The van der Waals surface area contributed by atoms with Crippen LogP contribution in [-0.2, 0) is 17.5 Å². The zero-order valence-electron chi connectivity index (χ0n) is 19.3. The fourth-order valence-electron chi connectivity index (χ4n) is 4.08. The van der Waals surface area contributed by atoms with Crippen molar-refractivity contribution in [3.63, 3.8) is 0 Å². The van der Waals surface area contributed by atoms with Crippen molar-refractivity contribution < 1.29 is 18.0 Å². The highest BCUT2D eigenvalue weighted by molar-refractivity contribution is 5.95. The number of hydrogen-bond acceptors (Lipinski definition) is 3. The number of carbonyl (C=O) groups excluding carboxylic acids is 1. The molecule has 1 saturated heterocycles. The fourth-order valence-corrected chi connectivity index (χ4v) is 4.08. The number of halogens is 3. The molecule has 0 aromatic heterocycles. The Kier molecular flexibility index (Phi) is 9.03. The Balaban J connectivity index is 1.62. The first-order valence-corrected chi connectivity index (χ1v) is 12.0. The van der Waals surface area contributed by atoms with E-state index in [-0.39, 0.29) is 5.91 Å². The molecule has 0 aliphatic carbocycles. The highest BCUT2D eigenvalue weighted by Gasteiger charge is 2.29. The Morgan fingerprint density at radius 2 is 1.67 bits per heavy atom. The number of rotatable bonds is 11. The molecule has 7 heteroatoms. The van der Waals surface area contributed by atoms with Crippen LogP contribution >= 0.6 is 0 Å². The summed E-state index contributed by atoms with van der Waals surface area (Å²) in [5, 5.41) is 6.38. The van der Waals surface area contributed by atoms with Crippen molar-refractivity contribution in [3.8, 4) is 0 Å². The lowest BCUT2D eigenvalue weighted by molar-refractivity contribution is -0.137. The monoisotopic (exact) mass is 461 g/mol. The van der Waals surface area contributed by atoms with Gasteiger partial charge in [0, 0.05) is 31.7 Å². The van der Waals surface area contributed by atoms with E-state index in [1.807, 2.05) is 18.2 Å². The van der Waals surface area contributed by atoms with Gasteiger partial charge in [0.25, 0.3) is 0 Å². The van der Waals surface area contributed by atoms with E-state index in [2.05, 4.69) is 22.5 Å². The molecule has 2 aromatic carbocycles. The summed E-state index contributed by atoms with van der Waals surface area (Å²) >= 11 is 0. The maximum absolute atomic E-state index is 12.8. The minimum absolute atomic E-state index is 0.0393. The molecule has 2 N–H and O–H groups in total. The Hall–Kier alpha value is -2.70. The fraction of sp³-hybridized carbons (Fsp3) is 0.500. The third-order valence-electron chi connectivity index (χ3n) is 6.00. The second-order valence-electron chi connectivity index (χ2n) is 8.69. The number of alkyl halides is 3. The van der Waals surface area contributed by atoms with Gasteiger partial charge in [-0.1, -0.05) is 44.7 Å². The lowest BCUT2D eigenvalue weighted by atomic mass is 10.1. The molecule has 1 amide bonds. The van der Waals surface area contributed by atoms with Crippen LogP contribution in [0.1, 0.15) is 69.4 Å². The Morgan fingerprint density at radius 3 is 2.33 bits per heavy atom. The summed E-state index contributed by atoms with van der Waals surface area (Å²) in [6, 6.07) is 11.0. The van der Waals surface area contributed by atoms with Crippen LogP contribution in [0.15, 0.2) is 42.5 Å². The molecular formula is C26H34F3N3O. The van der Waals surface area contributed by atoms with Gasteiger partial charge in [-0.05, 0) is 55.2 Å².